The third kappa shape index (κ3) is 5.21. The predicted octanol–water partition coefficient (Wildman–Crippen LogP) is 5.69. The highest BCUT2D eigenvalue weighted by Gasteiger charge is 2.16. The minimum atomic E-state index is -0.253. The number of anilines is 2. The third-order valence-electron chi connectivity index (χ3n) is 5.04. The zero-order valence-electron chi connectivity index (χ0n) is 16.0. The molecule has 4 rings (SSSR count). The number of nitrogens with one attached hydrogen (secondary N) is 2. The number of benzene rings is 1. The van der Waals surface area contributed by atoms with Crippen LogP contribution in [0.25, 0.3) is 11.4 Å². The van der Waals surface area contributed by atoms with Crippen LogP contribution in [-0.4, -0.2) is 21.0 Å². The summed E-state index contributed by atoms with van der Waals surface area (Å²) in [5.41, 5.74) is 2.10. The number of nitrogens with zero attached hydrogens (tertiary/aromatic N) is 3. The van der Waals surface area contributed by atoms with Crippen molar-refractivity contribution in [2.45, 2.75) is 44.7 Å². The highest BCUT2D eigenvalue weighted by molar-refractivity contribution is 6.32. The van der Waals surface area contributed by atoms with Gasteiger partial charge in [-0.2, -0.15) is 0 Å². The Labute approximate surface area is 174 Å². The highest BCUT2D eigenvalue weighted by Crippen LogP contribution is 2.27. The van der Waals surface area contributed by atoms with Crippen LogP contribution in [0.15, 0.2) is 48.7 Å². The van der Waals surface area contributed by atoms with Gasteiger partial charge < -0.3 is 10.6 Å². The molecular weight excluding hydrogens is 389 g/mol. The lowest BCUT2D eigenvalue weighted by Crippen LogP contribution is -2.23. The van der Waals surface area contributed by atoms with Crippen molar-refractivity contribution in [3.8, 4) is 11.4 Å². The van der Waals surface area contributed by atoms with E-state index in [-0.39, 0.29) is 5.82 Å². The summed E-state index contributed by atoms with van der Waals surface area (Å²) < 4.78 is 13.4. The van der Waals surface area contributed by atoms with Gasteiger partial charge in [0.2, 0.25) is 5.95 Å². The summed E-state index contributed by atoms with van der Waals surface area (Å²) in [7, 11) is 0. The van der Waals surface area contributed by atoms with Gasteiger partial charge >= 0.3 is 0 Å². The average molecular weight is 412 g/mol. The second-order valence-corrected chi connectivity index (χ2v) is 7.67. The second-order valence-electron chi connectivity index (χ2n) is 7.26. The molecule has 0 spiro atoms. The molecule has 1 aliphatic carbocycles. The van der Waals surface area contributed by atoms with Crippen LogP contribution in [-0.2, 0) is 6.54 Å². The van der Waals surface area contributed by atoms with Gasteiger partial charge in [-0.05, 0) is 42.7 Å². The number of aromatic nitrogens is 3. The molecule has 1 fully saturated rings. The summed E-state index contributed by atoms with van der Waals surface area (Å²) >= 11 is 6.36. The molecule has 2 N–H and O–H groups in total. The van der Waals surface area contributed by atoms with Gasteiger partial charge in [-0.3, -0.25) is 0 Å². The minimum absolute atomic E-state index is 0.253. The van der Waals surface area contributed by atoms with Crippen molar-refractivity contribution in [3.05, 3.63) is 65.1 Å². The number of hydrogen-bond acceptors (Lipinski definition) is 5. The topological polar surface area (TPSA) is 62.7 Å². The van der Waals surface area contributed by atoms with E-state index in [0.29, 0.717) is 40.8 Å². The first-order valence-corrected chi connectivity index (χ1v) is 10.3. The molecule has 0 unspecified atom stereocenters. The molecule has 2 aromatic heterocycles. The van der Waals surface area contributed by atoms with E-state index in [4.69, 9.17) is 11.6 Å². The standard InChI is InChI=1S/C22H23ClFN5/c23-18-14-26-22(27-17-8-2-1-3-9-17)29-21(18)19-10-5-11-20(28-19)25-13-15-6-4-7-16(24)12-15/h4-7,10-12,14,17H,1-3,8-9,13H2,(H,25,28)(H,26,27,29). The lowest BCUT2D eigenvalue weighted by Gasteiger charge is -2.22. The molecule has 1 saturated carbocycles. The van der Waals surface area contributed by atoms with Crippen LogP contribution < -0.4 is 10.6 Å². The van der Waals surface area contributed by atoms with E-state index in [2.05, 4.69) is 25.6 Å². The first-order valence-electron chi connectivity index (χ1n) is 9.92. The molecule has 0 amide bonds. The molecule has 5 nitrogen and oxygen atoms in total. The zero-order valence-corrected chi connectivity index (χ0v) is 16.8. The molecule has 0 saturated heterocycles. The van der Waals surface area contributed by atoms with E-state index in [0.717, 1.165) is 18.4 Å². The molecule has 0 bridgehead atoms. The van der Waals surface area contributed by atoms with E-state index in [1.165, 1.54) is 31.4 Å². The van der Waals surface area contributed by atoms with Gasteiger partial charge in [0.05, 0.1) is 16.9 Å². The van der Waals surface area contributed by atoms with Gasteiger partial charge in [0, 0.05) is 12.6 Å². The Kier molecular flexibility index (Phi) is 6.20. The summed E-state index contributed by atoms with van der Waals surface area (Å²) in [6, 6.07) is 12.5. The van der Waals surface area contributed by atoms with E-state index in [9.17, 15) is 4.39 Å². The summed E-state index contributed by atoms with van der Waals surface area (Å²) in [6.45, 7) is 0.472. The molecule has 7 heteroatoms. The summed E-state index contributed by atoms with van der Waals surface area (Å²) in [4.78, 5) is 13.6. The van der Waals surface area contributed by atoms with Crippen molar-refractivity contribution in [1.29, 1.82) is 0 Å². The monoisotopic (exact) mass is 411 g/mol. The van der Waals surface area contributed by atoms with Crippen molar-refractivity contribution in [3.63, 3.8) is 0 Å². The van der Waals surface area contributed by atoms with Crippen LogP contribution in [0.3, 0.4) is 0 Å². The molecule has 0 radical (unpaired) electrons. The molecule has 0 atom stereocenters. The number of rotatable bonds is 6. The van der Waals surface area contributed by atoms with Crippen molar-refractivity contribution < 1.29 is 4.39 Å². The Hall–Kier alpha value is -2.73. The number of hydrogen-bond donors (Lipinski definition) is 2. The van der Waals surface area contributed by atoms with Crippen molar-refractivity contribution in [2.24, 2.45) is 0 Å². The molecule has 3 aromatic rings. The zero-order chi connectivity index (χ0) is 20.1. The fraction of sp³-hybridized carbons (Fsp3) is 0.318. The largest absolute Gasteiger partial charge is 0.366 e. The minimum Gasteiger partial charge on any atom is -0.366 e. The van der Waals surface area contributed by atoms with E-state index in [1.54, 1.807) is 12.3 Å². The smallest absolute Gasteiger partial charge is 0.223 e. The molecule has 1 aliphatic rings. The summed E-state index contributed by atoms with van der Waals surface area (Å²) in [5, 5.41) is 7.10. The highest BCUT2D eigenvalue weighted by atomic mass is 35.5. The van der Waals surface area contributed by atoms with Gasteiger partial charge in [-0.25, -0.2) is 19.3 Å². The maximum atomic E-state index is 13.4. The van der Waals surface area contributed by atoms with E-state index in [1.807, 2.05) is 24.3 Å². The number of halogens is 2. The van der Waals surface area contributed by atoms with Gasteiger partial charge in [-0.1, -0.05) is 49.1 Å². The van der Waals surface area contributed by atoms with Crippen LogP contribution in [0.2, 0.25) is 5.02 Å². The van der Waals surface area contributed by atoms with E-state index >= 15 is 0 Å². The molecule has 1 aromatic carbocycles. The van der Waals surface area contributed by atoms with Crippen LogP contribution in [0.4, 0.5) is 16.2 Å². The van der Waals surface area contributed by atoms with Crippen LogP contribution >= 0.6 is 11.6 Å². The third-order valence-corrected chi connectivity index (χ3v) is 5.31. The lowest BCUT2D eigenvalue weighted by atomic mass is 9.96. The molecular formula is C22H23ClFN5. The van der Waals surface area contributed by atoms with Gasteiger partial charge in [-0.15, -0.1) is 0 Å². The first-order chi connectivity index (χ1) is 14.2. The summed E-state index contributed by atoms with van der Waals surface area (Å²) in [6.07, 6.45) is 7.66. The Balaban J connectivity index is 1.50. The lowest BCUT2D eigenvalue weighted by molar-refractivity contribution is 0.461. The van der Waals surface area contributed by atoms with Crippen LogP contribution in [0.5, 0.6) is 0 Å². The van der Waals surface area contributed by atoms with Gasteiger partial charge in [0.1, 0.15) is 17.3 Å². The molecule has 29 heavy (non-hydrogen) atoms. The van der Waals surface area contributed by atoms with Gasteiger partial charge in [0.15, 0.2) is 0 Å². The van der Waals surface area contributed by atoms with Crippen LogP contribution in [0, 0.1) is 5.82 Å². The predicted molar refractivity (Wildman–Crippen MR) is 114 cm³/mol. The molecule has 150 valence electrons. The maximum absolute atomic E-state index is 13.4. The van der Waals surface area contributed by atoms with Crippen molar-refractivity contribution >= 4 is 23.4 Å². The fourth-order valence-corrected chi connectivity index (χ4v) is 3.74. The average Bonchev–Trinajstić information content (AvgIpc) is 2.75. The molecule has 2 heterocycles. The number of pyridine rings is 1. The van der Waals surface area contributed by atoms with Crippen molar-refractivity contribution in [1.82, 2.24) is 15.0 Å². The maximum Gasteiger partial charge on any atom is 0.223 e. The normalized spacial score (nSPS) is 14.6. The van der Waals surface area contributed by atoms with Crippen LogP contribution in [0.1, 0.15) is 37.7 Å². The Morgan fingerprint density at radius 3 is 2.69 bits per heavy atom. The van der Waals surface area contributed by atoms with Crippen molar-refractivity contribution in [2.75, 3.05) is 10.6 Å². The molecule has 0 aliphatic heterocycles. The fourth-order valence-electron chi connectivity index (χ4n) is 3.55. The van der Waals surface area contributed by atoms with Gasteiger partial charge in [0.25, 0.3) is 0 Å². The van der Waals surface area contributed by atoms with E-state index < -0.39 is 0 Å². The quantitative estimate of drug-likeness (QED) is 0.545. The first kappa shape index (κ1) is 19.6. The Morgan fingerprint density at radius 2 is 1.86 bits per heavy atom. The SMILES string of the molecule is Fc1cccc(CNc2cccc(-c3nc(NC4CCCCC4)ncc3Cl)n2)c1. The Morgan fingerprint density at radius 1 is 1.03 bits per heavy atom. The Bertz CT molecular complexity index is 975. The summed E-state index contributed by atoms with van der Waals surface area (Å²) in [5.74, 6) is 0.997. The second kappa shape index (κ2) is 9.18.